The van der Waals surface area contributed by atoms with Gasteiger partial charge in [0.05, 0.1) is 6.42 Å². The van der Waals surface area contributed by atoms with E-state index < -0.39 is 0 Å². The standard InChI is InChI=1S/C12H17N3O2/c1-9-13-8-10(12(17)14-9)7-11(16)15-5-3-2-4-6-15/h8H,2-7H2,1H3,(H,13,14,17). The summed E-state index contributed by atoms with van der Waals surface area (Å²) in [6.45, 7) is 3.35. The second-order valence-electron chi connectivity index (χ2n) is 4.44. The zero-order chi connectivity index (χ0) is 12.3. The van der Waals surface area contributed by atoms with E-state index in [1.54, 1.807) is 6.92 Å². The molecule has 1 aromatic rings. The number of piperidine rings is 1. The van der Waals surface area contributed by atoms with Crippen LogP contribution in [0.25, 0.3) is 0 Å². The van der Waals surface area contributed by atoms with Crippen LogP contribution in [0, 0.1) is 6.92 Å². The predicted molar refractivity (Wildman–Crippen MR) is 63.7 cm³/mol. The van der Waals surface area contributed by atoms with E-state index in [1.165, 1.54) is 12.6 Å². The molecule has 0 radical (unpaired) electrons. The molecule has 2 rings (SSSR count). The molecule has 1 aliphatic rings. The quantitative estimate of drug-likeness (QED) is 0.817. The fraction of sp³-hybridized carbons (Fsp3) is 0.583. The van der Waals surface area contributed by atoms with E-state index in [4.69, 9.17) is 0 Å². The van der Waals surface area contributed by atoms with Crippen molar-refractivity contribution < 1.29 is 4.79 Å². The van der Waals surface area contributed by atoms with Crippen molar-refractivity contribution in [1.29, 1.82) is 0 Å². The lowest BCUT2D eigenvalue weighted by molar-refractivity contribution is -0.131. The Bertz CT molecular complexity index is 461. The Kier molecular flexibility index (Phi) is 3.56. The molecule has 1 saturated heterocycles. The molecule has 0 aromatic carbocycles. The number of amides is 1. The third kappa shape index (κ3) is 2.93. The number of nitrogens with zero attached hydrogens (tertiary/aromatic N) is 2. The number of aromatic amines is 1. The molecule has 0 bridgehead atoms. The summed E-state index contributed by atoms with van der Waals surface area (Å²) in [5.41, 5.74) is 0.244. The molecule has 5 nitrogen and oxygen atoms in total. The SMILES string of the molecule is Cc1ncc(CC(=O)N2CCCCC2)c(=O)[nH]1. The van der Waals surface area contributed by atoms with Crippen molar-refractivity contribution in [3.05, 3.63) is 27.9 Å². The molecule has 2 heterocycles. The molecular weight excluding hydrogens is 218 g/mol. The molecule has 1 aromatic heterocycles. The number of aryl methyl sites for hydroxylation is 1. The van der Waals surface area contributed by atoms with Crippen molar-refractivity contribution in [2.24, 2.45) is 0 Å². The summed E-state index contributed by atoms with van der Waals surface area (Å²) in [5.74, 6) is 0.602. The normalized spacial score (nSPS) is 15.9. The highest BCUT2D eigenvalue weighted by atomic mass is 16.2. The van der Waals surface area contributed by atoms with Crippen molar-refractivity contribution in [3.63, 3.8) is 0 Å². The van der Waals surface area contributed by atoms with Gasteiger partial charge in [-0.25, -0.2) is 4.98 Å². The van der Waals surface area contributed by atoms with Gasteiger partial charge in [-0.05, 0) is 26.2 Å². The number of carbonyl (C=O) groups excluding carboxylic acids is 1. The van der Waals surface area contributed by atoms with E-state index >= 15 is 0 Å². The van der Waals surface area contributed by atoms with E-state index in [0.717, 1.165) is 25.9 Å². The lowest BCUT2D eigenvalue weighted by atomic mass is 10.1. The van der Waals surface area contributed by atoms with Crippen molar-refractivity contribution in [2.75, 3.05) is 13.1 Å². The molecular formula is C12H17N3O2. The molecule has 1 fully saturated rings. The van der Waals surface area contributed by atoms with Gasteiger partial charge in [0, 0.05) is 24.8 Å². The van der Waals surface area contributed by atoms with Crippen molar-refractivity contribution in [2.45, 2.75) is 32.6 Å². The Labute approximate surface area is 99.9 Å². The lowest BCUT2D eigenvalue weighted by Gasteiger charge is -2.26. The highest BCUT2D eigenvalue weighted by Gasteiger charge is 2.17. The van der Waals surface area contributed by atoms with Gasteiger partial charge in [0.1, 0.15) is 5.82 Å². The first kappa shape index (κ1) is 11.8. The Morgan fingerprint density at radius 1 is 1.41 bits per heavy atom. The lowest BCUT2D eigenvalue weighted by Crippen LogP contribution is -2.37. The molecule has 5 heteroatoms. The van der Waals surface area contributed by atoms with Crippen molar-refractivity contribution in [3.8, 4) is 0 Å². The highest BCUT2D eigenvalue weighted by Crippen LogP contribution is 2.09. The number of hydrogen-bond donors (Lipinski definition) is 1. The van der Waals surface area contributed by atoms with Crippen LogP contribution in [0.1, 0.15) is 30.7 Å². The van der Waals surface area contributed by atoms with Crippen LogP contribution in [-0.4, -0.2) is 33.9 Å². The van der Waals surface area contributed by atoms with Crippen LogP contribution in [-0.2, 0) is 11.2 Å². The molecule has 1 N–H and O–H groups in total. The minimum atomic E-state index is -0.206. The van der Waals surface area contributed by atoms with Crippen molar-refractivity contribution in [1.82, 2.24) is 14.9 Å². The minimum Gasteiger partial charge on any atom is -0.342 e. The van der Waals surface area contributed by atoms with Gasteiger partial charge in [0.2, 0.25) is 5.91 Å². The number of nitrogens with one attached hydrogen (secondary N) is 1. The Balaban J connectivity index is 2.04. The number of carbonyl (C=O) groups is 1. The molecule has 0 atom stereocenters. The topological polar surface area (TPSA) is 66.1 Å². The Hall–Kier alpha value is -1.65. The number of likely N-dealkylation sites (tertiary alicyclic amines) is 1. The first-order valence-corrected chi connectivity index (χ1v) is 5.99. The number of H-pyrrole nitrogens is 1. The molecule has 92 valence electrons. The van der Waals surface area contributed by atoms with Crippen LogP contribution in [0.2, 0.25) is 0 Å². The number of hydrogen-bond acceptors (Lipinski definition) is 3. The molecule has 0 aliphatic carbocycles. The van der Waals surface area contributed by atoms with E-state index in [2.05, 4.69) is 9.97 Å². The summed E-state index contributed by atoms with van der Waals surface area (Å²) in [4.78, 5) is 32.0. The van der Waals surface area contributed by atoms with E-state index in [-0.39, 0.29) is 17.9 Å². The second kappa shape index (κ2) is 5.12. The number of rotatable bonds is 2. The maximum Gasteiger partial charge on any atom is 0.254 e. The third-order valence-electron chi connectivity index (χ3n) is 3.05. The largest absolute Gasteiger partial charge is 0.342 e. The van der Waals surface area contributed by atoms with Crippen LogP contribution in [0.5, 0.6) is 0 Å². The molecule has 17 heavy (non-hydrogen) atoms. The summed E-state index contributed by atoms with van der Waals surface area (Å²) >= 11 is 0. The van der Waals surface area contributed by atoms with E-state index in [1.807, 2.05) is 4.90 Å². The summed E-state index contributed by atoms with van der Waals surface area (Å²) in [6.07, 6.45) is 4.97. The average molecular weight is 235 g/mol. The van der Waals surface area contributed by atoms with Gasteiger partial charge in [0.15, 0.2) is 0 Å². The van der Waals surface area contributed by atoms with Crippen molar-refractivity contribution >= 4 is 5.91 Å². The summed E-state index contributed by atoms with van der Waals surface area (Å²) in [5, 5.41) is 0. The average Bonchev–Trinajstić information content (AvgIpc) is 2.34. The second-order valence-corrected chi connectivity index (χ2v) is 4.44. The van der Waals surface area contributed by atoms with Gasteiger partial charge < -0.3 is 9.88 Å². The van der Waals surface area contributed by atoms with E-state index in [9.17, 15) is 9.59 Å². The molecule has 0 unspecified atom stereocenters. The number of aromatic nitrogens is 2. The monoisotopic (exact) mass is 235 g/mol. The van der Waals surface area contributed by atoms with E-state index in [0.29, 0.717) is 11.4 Å². The summed E-state index contributed by atoms with van der Waals surface area (Å²) < 4.78 is 0. The molecule has 1 amide bonds. The van der Waals surface area contributed by atoms with Crippen LogP contribution in [0.4, 0.5) is 0 Å². The van der Waals surface area contributed by atoms with Crippen LogP contribution in [0.15, 0.2) is 11.0 Å². The minimum absolute atomic E-state index is 0.0286. The molecule has 0 saturated carbocycles. The summed E-state index contributed by atoms with van der Waals surface area (Å²) in [6, 6.07) is 0. The Morgan fingerprint density at radius 2 is 2.12 bits per heavy atom. The first-order chi connectivity index (χ1) is 8.16. The highest BCUT2D eigenvalue weighted by molar-refractivity contribution is 5.78. The van der Waals surface area contributed by atoms with Gasteiger partial charge >= 0.3 is 0 Å². The van der Waals surface area contributed by atoms with Crippen LogP contribution < -0.4 is 5.56 Å². The van der Waals surface area contributed by atoms with Gasteiger partial charge in [0.25, 0.3) is 5.56 Å². The maximum absolute atomic E-state index is 12.0. The molecule has 0 spiro atoms. The van der Waals surface area contributed by atoms with Gasteiger partial charge in [-0.2, -0.15) is 0 Å². The van der Waals surface area contributed by atoms with Gasteiger partial charge in [-0.15, -0.1) is 0 Å². The maximum atomic E-state index is 12.0. The van der Waals surface area contributed by atoms with Gasteiger partial charge in [-0.1, -0.05) is 0 Å². The molecule has 1 aliphatic heterocycles. The fourth-order valence-corrected chi connectivity index (χ4v) is 2.05. The smallest absolute Gasteiger partial charge is 0.254 e. The predicted octanol–water partition coefficient (Wildman–Crippen LogP) is 0.633. The summed E-state index contributed by atoms with van der Waals surface area (Å²) in [7, 11) is 0. The van der Waals surface area contributed by atoms with Crippen LogP contribution in [0.3, 0.4) is 0 Å². The van der Waals surface area contributed by atoms with Gasteiger partial charge in [-0.3, -0.25) is 9.59 Å². The van der Waals surface area contributed by atoms with Crippen LogP contribution >= 0.6 is 0 Å². The fourth-order valence-electron chi connectivity index (χ4n) is 2.05. The third-order valence-corrected chi connectivity index (χ3v) is 3.05. The zero-order valence-electron chi connectivity index (χ0n) is 10.0. The first-order valence-electron chi connectivity index (χ1n) is 5.99. The Morgan fingerprint density at radius 3 is 2.76 bits per heavy atom. The zero-order valence-corrected chi connectivity index (χ0v) is 10.0.